The van der Waals surface area contributed by atoms with E-state index >= 15 is 0 Å². The van der Waals surface area contributed by atoms with Gasteiger partial charge in [0.1, 0.15) is 11.8 Å². The number of fused-ring (bicyclic) bond motifs is 1. The third-order valence-electron chi connectivity index (χ3n) is 6.85. The maximum atomic E-state index is 13.9. The van der Waals surface area contributed by atoms with E-state index in [0.717, 1.165) is 10.9 Å². The quantitative estimate of drug-likeness (QED) is 0.158. The van der Waals surface area contributed by atoms with Crippen molar-refractivity contribution < 1.29 is 14.3 Å². The van der Waals surface area contributed by atoms with Crippen LogP contribution >= 0.6 is 23.2 Å². The molecule has 1 N–H and O–H groups in total. The summed E-state index contributed by atoms with van der Waals surface area (Å²) in [6.45, 7) is 1.11. The average molecular weight is 575 g/mol. The van der Waals surface area contributed by atoms with E-state index in [0.29, 0.717) is 51.6 Å². The normalized spacial score (nSPS) is 11.6. The van der Waals surface area contributed by atoms with Crippen molar-refractivity contribution in [2.75, 3.05) is 33.8 Å². The molecule has 6 nitrogen and oxygen atoms in total. The molecule has 4 aromatic rings. The maximum Gasteiger partial charge on any atom is 0.258 e. The molecule has 0 aliphatic heterocycles. The predicted octanol–water partition coefficient (Wildman–Crippen LogP) is 6.75. The fourth-order valence-electron chi connectivity index (χ4n) is 4.77. The van der Waals surface area contributed by atoms with Crippen LogP contribution < -0.4 is 10.1 Å². The summed E-state index contributed by atoms with van der Waals surface area (Å²) in [6.07, 6.45) is 0.633. The number of methoxy groups -OCH3 is 1. The minimum atomic E-state index is -0.262. The molecule has 1 amide bonds. The van der Waals surface area contributed by atoms with Crippen molar-refractivity contribution >= 4 is 45.7 Å². The average Bonchev–Trinajstić information content (AvgIpc) is 2.98. The zero-order chi connectivity index (χ0) is 28.6. The second-order valence-electron chi connectivity index (χ2n) is 9.48. The van der Waals surface area contributed by atoms with Crippen molar-refractivity contribution in [1.29, 1.82) is 5.26 Å². The molecule has 8 heteroatoms. The highest BCUT2D eigenvalue weighted by molar-refractivity contribution is 6.42. The van der Waals surface area contributed by atoms with Crippen LogP contribution in [0, 0.1) is 11.3 Å². The Kier molecular flexibility index (Phi) is 9.79. The molecule has 0 radical (unpaired) electrons. The SMILES string of the molecule is COc1c(C#N)cc2ccccc2c1C(=O)N(C)CC(CCNCC(=O)c1ccccc1)c1ccc(Cl)c(Cl)c1. The van der Waals surface area contributed by atoms with Crippen LogP contribution in [0.2, 0.25) is 10.0 Å². The Morgan fingerprint density at radius 3 is 2.42 bits per heavy atom. The van der Waals surface area contributed by atoms with E-state index in [1.54, 1.807) is 36.2 Å². The number of benzene rings is 4. The molecule has 0 aromatic heterocycles. The van der Waals surface area contributed by atoms with Gasteiger partial charge in [-0.25, -0.2) is 0 Å². The number of hydrogen-bond acceptors (Lipinski definition) is 5. The number of likely N-dealkylation sites (N-methyl/N-ethyl adjacent to an activating group) is 1. The van der Waals surface area contributed by atoms with Gasteiger partial charge in [-0.3, -0.25) is 9.59 Å². The smallest absolute Gasteiger partial charge is 0.258 e. The molecule has 4 aromatic carbocycles. The molecular weight excluding hydrogens is 545 g/mol. The minimum Gasteiger partial charge on any atom is -0.495 e. The van der Waals surface area contributed by atoms with Crippen molar-refractivity contribution in [1.82, 2.24) is 10.2 Å². The van der Waals surface area contributed by atoms with Crippen molar-refractivity contribution in [3.8, 4) is 11.8 Å². The van der Waals surface area contributed by atoms with E-state index in [4.69, 9.17) is 27.9 Å². The predicted molar refractivity (Wildman–Crippen MR) is 160 cm³/mol. The van der Waals surface area contributed by atoms with Gasteiger partial charge < -0.3 is 15.0 Å². The second kappa shape index (κ2) is 13.5. The molecule has 0 heterocycles. The van der Waals surface area contributed by atoms with Crippen LogP contribution in [0.25, 0.3) is 10.8 Å². The fraction of sp³-hybridized carbons (Fsp3) is 0.219. The van der Waals surface area contributed by atoms with E-state index in [2.05, 4.69) is 11.4 Å². The van der Waals surface area contributed by atoms with E-state index in [1.807, 2.05) is 54.6 Å². The van der Waals surface area contributed by atoms with E-state index in [1.165, 1.54) is 7.11 Å². The van der Waals surface area contributed by atoms with Crippen LogP contribution in [0.5, 0.6) is 5.75 Å². The summed E-state index contributed by atoms with van der Waals surface area (Å²) in [4.78, 5) is 28.0. The number of rotatable bonds is 11. The van der Waals surface area contributed by atoms with Crippen LogP contribution in [0.3, 0.4) is 0 Å². The summed E-state index contributed by atoms with van der Waals surface area (Å²) in [5.74, 6) is -0.109. The summed E-state index contributed by atoms with van der Waals surface area (Å²) < 4.78 is 5.56. The Hall–Kier alpha value is -3.89. The number of ketones is 1. The lowest BCUT2D eigenvalue weighted by atomic mass is 9.94. The van der Waals surface area contributed by atoms with Crippen molar-refractivity contribution in [3.05, 3.63) is 111 Å². The van der Waals surface area contributed by atoms with Crippen LogP contribution in [0.15, 0.2) is 78.9 Å². The number of nitrogens with one attached hydrogen (secondary N) is 1. The number of carbonyl (C=O) groups excluding carboxylic acids is 2. The molecule has 0 aliphatic carbocycles. The monoisotopic (exact) mass is 573 g/mol. The number of carbonyl (C=O) groups is 2. The molecule has 0 saturated carbocycles. The molecule has 0 saturated heterocycles. The first-order valence-electron chi connectivity index (χ1n) is 12.8. The third kappa shape index (κ3) is 6.63. The van der Waals surface area contributed by atoms with Crippen LogP contribution in [0.1, 0.15) is 44.2 Å². The standard InChI is InChI=1S/C32H29Cl2N3O3/c1-37(32(39)30-26-11-7-6-10-23(26)16-25(18-35)31(30)40-2)20-24(22-12-13-27(33)28(34)17-22)14-15-36-19-29(38)21-8-4-3-5-9-21/h3-13,16-17,24,36H,14-15,19-20H2,1-2H3. The number of ether oxygens (including phenoxy) is 1. The number of amides is 1. The second-order valence-corrected chi connectivity index (χ2v) is 10.3. The van der Waals surface area contributed by atoms with E-state index < -0.39 is 0 Å². The lowest BCUT2D eigenvalue weighted by molar-refractivity contribution is 0.0783. The first-order chi connectivity index (χ1) is 19.3. The maximum absolute atomic E-state index is 13.9. The van der Waals surface area contributed by atoms with Gasteiger partial charge in [-0.2, -0.15) is 5.26 Å². The van der Waals surface area contributed by atoms with Crippen molar-refractivity contribution in [2.24, 2.45) is 0 Å². The van der Waals surface area contributed by atoms with Gasteiger partial charge in [0, 0.05) is 25.1 Å². The fourth-order valence-corrected chi connectivity index (χ4v) is 5.08. The molecule has 0 bridgehead atoms. The van der Waals surface area contributed by atoms with Gasteiger partial charge in [0.05, 0.1) is 34.8 Å². The number of hydrogen-bond donors (Lipinski definition) is 1. The highest BCUT2D eigenvalue weighted by Gasteiger charge is 2.25. The Bertz CT molecular complexity index is 1570. The first kappa shape index (κ1) is 29.1. The molecule has 0 fully saturated rings. The number of Topliss-reactive ketones (excluding diaryl/α,β-unsaturated/α-hetero) is 1. The molecule has 0 aliphatic rings. The first-order valence-corrected chi connectivity index (χ1v) is 13.6. The van der Waals surface area contributed by atoms with Gasteiger partial charge in [-0.1, -0.05) is 83.9 Å². The molecule has 204 valence electrons. The minimum absolute atomic E-state index is 0.00957. The summed E-state index contributed by atoms with van der Waals surface area (Å²) in [6, 6.07) is 25.9. The van der Waals surface area contributed by atoms with Gasteiger partial charge in [-0.15, -0.1) is 0 Å². The molecule has 0 spiro atoms. The Labute approximate surface area is 244 Å². The zero-order valence-electron chi connectivity index (χ0n) is 22.3. The van der Waals surface area contributed by atoms with Gasteiger partial charge in [0.2, 0.25) is 0 Å². The summed E-state index contributed by atoms with van der Waals surface area (Å²) in [5.41, 5.74) is 2.22. The van der Waals surface area contributed by atoms with Gasteiger partial charge in [-0.05, 0) is 47.5 Å². The summed E-state index contributed by atoms with van der Waals surface area (Å²) in [5, 5.41) is 15.3. The number of nitrogens with zero attached hydrogens (tertiary/aromatic N) is 2. The summed E-state index contributed by atoms with van der Waals surface area (Å²) >= 11 is 12.5. The van der Waals surface area contributed by atoms with Crippen LogP contribution in [0.4, 0.5) is 0 Å². The summed E-state index contributed by atoms with van der Waals surface area (Å²) in [7, 11) is 3.19. The number of halogens is 2. The van der Waals surface area contributed by atoms with Gasteiger partial charge in [0.25, 0.3) is 5.91 Å². The highest BCUT2D eigenvalue weighted by Crippen LogP contribution is 2.34. The lowest BCUT2D eigenvalue weighted by Crippen LogP contribution is -2.33. The Morgan fingerprint density at radius 2 is 1.73 bits per heavy atom. The Morgan fingerprint density at radius 1 is 1.00 bits per heavy atom. The van der Waals surface area contributed by atoms with Crippen molar-refractivity contribution in [3.63, 3.8) is 0 Å². The van der Waals surface area contributed by atoms with E-state index in [9.17, 15) is 14.9 Å². The third-order valence-corrected chi connectivity index (χ3v) is 7.59. The lowest BCUT2D eigenvalue weighted by Gasteiger charge is -2.26. The molecule has 1 unspecified atom stereocenters. The van der Waals surface area contributed by atoms with Gasteiger partial charge in [0.15, 0.2) is 5.78 Å². The highest BCUT2D eigenvalue weighted by atomic mass is 35.5. The van der Waals surface area contributed by atoms with Crippen molar-refractivity contribution in [2.45, 2.75) is 12.3 Å². The number of nitriles is 1. The van der Waals surface area contributed by atoms with Gasteiger partial charge >= 0.3 is 0 Å². The van der Waals surface area contributed by atoms with E-state index in [-0.39, 0.29) is 29.9 Å². The van der Waals surface area contributed by atoms with Crippen LogP contribution in [-0.4, -0.2) is 50.4 Å². The van der Waals surface area contributed by atoms with Crippen LogP contribution in [-0.2, 0) is 0 Å². The molecular formula is C32H29Cl2N3O3. The molecule has 40 heavy (non-hydrogen) atoms. The largest absolute Gasteiger partial charge is 0.495 e. The Balaban J connectivity index is 1.56. The molecule has 1 atom stereocenters. The zero-order valence-corrected chi connectivity index (χ0v) is 23.8. The molecule has 4 rings (SSSR count). The topological polar surface area (TPSA) is 82.4 Å².